The number of carbonyl (C=O) groups excluding carboxylic acids is 2. The average molecular weight is 347 g/mol. The van der Waals surface area contributed by atoms with Gasteiger partial charge in [-0.3, -0.25) is 4.79 Å². The number of benzene rings is 1. The summed E-state index contributed by atoms with van der Waals surface area (Å²) >= 11 is 1.53. The highest BCUT2D eigenvalue weighted by molar-refractivity contribution is 7.11. The van der Waals surface area contributed by atoms with Gasteiger partial charge in [-0.1, -0.05) is 12.1 Å². The van der Waals surface area contributed by atoms with E-state index in [1.54, 1.807) is 18.2 Å². The monoisotopic (exact) mass is 347 g/mol. The molecular formula is C18H18FNO3S. The van der Waals surface area contributed by atoms with Crippen LogP contribution >= 0.6 is 11.3 Å². The maximum atomic E-state index is 12.8. The second kappa shape index (κ2) is 8.98. The van der Waals surface area contributed by atoms with E-state index in [2.05, 4.69) is 5.32 Å². The SMILES string of the molecule is Cc1ccsc1/C=C/C(=O)OCC(=O)NCCc1ccc(F)cc1. The molecule has 0 radical (unpaired) electrons. The van der Waals surface area contributed by atoms with Gasteiger partial charge < -0.3 is 10.1 Å². The van der Waals surface area contributed by atoms with Gasteiger partial charge in [-0.05, 0) is 54.1 Å². The molecular weight excluding hydrogens is 329 g/mol. The Morgan fingerprint density at radius 1 is 1.25 bits per heavy atom. The highest BCUT2D eigenvalue weighted by atomic mass is 32.1. The van der Waals surface area contributed by atoms with Crippen LogP contribution in [0.1, 0.15) is 16.0 Å². The van der Waals surface area contributed by atoms with Gasteiger partial charge in [0.05, 0.1) is 0 Å². The summed E-state index contributed by atoms with van der Waals surface area (Å²) in [5.41, 5.74) is 2.01. The van der Waals surface area contributed by atoms with Crippen molar-refractivity contribution < 1.29 is 18.7 Å². The van der Waals surface area contributed by atoms with E-state index in [9.17, 15) is 14.0 Å². The van der Waals surface area contributed by atoms with E-state index in [1.165, 1.54) is 29.5 Å². The molecule has 0 saturated carbocycles. The predicted molar refractivity (Wildman–Crippen MR) is 92.2 cm³/mol. The number of carbonyl (C=O) groups is 2. The third-order valence-corrected chi connectivity index (χ3v) is 4.25. The van der Waals surface area contributed by atoms with Gasteiger partial charge in [-0.15, -0.1) is 11.3 Å². The molecule has 6 heteroatoms. The van der Waals surface area contributed by atoms with Crippen LogP contribution in [-0.2, 0) is 20.7 Å². The molecule has 0 saturated heterocycles. The van der Waals surface area contributed by atoms with Crippen molar-refractivity contribution in [3.63, 3.8) is 0 Å². The summed E-state index contributed by atoms with van der Waals surface area (Å²) in [4.78, 5) is 24.2. The van der Waals surface area contributed by atoms with Gasteiger partial charge in [0, 0.05) is 17.5 Å². The van der Waals surface area contributed by atoms with Crippen LogP contribution in [0.15, 0.2) is 41.8 Å². The van der Waals surface area contributed by atoms with E-state index in [-0.39, 0.29) is 18.3 Å². The van der Waals surface area contributed by atoms with Crippen LogP contribution in [0.3, 0.4) is 0 Å². The number of hydrogen-bond acceptors (Lipinski definition) is 4. The first kappa shape index (κ1) is 17.9. The van der Waals surface area contributed by atoms with Crippen LogP contribution < -0.4 is 5.32 Å². The molecule has 1 heterocycles. The third kappa shape index (κ3) is 5.96. The first-order valence-electron chi connectivity index (χ1n) is 7.44. The number of hydrogen-bond donors (Lipinski definition) is 1. The molecule has 2 rings (SSSR count). The Hall–Kier alpha value is -2.47. The van der Waals surface area contributed by atoms with Gasteiger partial charge in [0.25, 0.3) is 5.91 Å². The van der Waals surface area contributed by atoms with E-state index in [0.29, 0.717) is 13.0 Å². The number of amides is 1. The zero-order valence-corrected chi connectivity index (χ0v) is 14.1. The number of halogens is 1. The average Bonchev–Trinajstić information content (AvgIpc) is 2.98. The van der Waals surface area contributed by atoms with Gasteiger partial charge in [0.15, 0.2) is 6.61 Å². The van der Waals surface area contributed by atoms with Crippen molar-refractivity contribution in [2.45, 2.75) is 13.3 Å². The first-order chi connectivity index (χ1) is 11.5. The minimum absolute atomic E-state index is 0.291. The summed E-state index contributed by atoms with van der Waals surface area (Å²) in [5.74, 6) is -1.22. The fraction of sp³-hybridized carbons (Fsp3) is 0.222. The smallest absolute Gasteiger partial charge is 0.331 e. The second-order valence-corrected chi connectivity index (χ2v) is 6.08. The fourth-order valence-corrected chi connectivity index (χ4v) is 2.75. The van der Waals surface area contributed by atoms with E-state index in [4.69, 9.17) is 4.74 Å². The zero-order chi connectivity index (χ0) is 17.4. The summed E-state index contributed by atoms with van der Waals surface area (Å²) in [6.07, 6.45) is 3.57. The molecule has 24 heavy (non-hydrogen) atoms. The number of aryl methyl sites for hydroxylation is 1. The van der Waals surface area contributed by atoms with Crippen LogP contribution in [0, 0.1) is 12.7 Å². The number of nitrogens with one attached hydrogen (secondary N) is 1. The Balaban J connectivity index is 1.65. The first-order valence-corrected chi connectivity index (χ1v) is 8.32. The zero-order valence-electron chi connectivity index (χ0n) is 13.3. The highest BCUT2D eigenvalue weighted by Gasteiger charge is 2.05. The van der Waals surface area contributed by atoms with Crippen LogP contribution in [0.4, 0.5) is 4.39 Å². The van der Waals surface area contributed by atoms with Crippen LogP contribution in [0.25, 0.3) is 6.08 Å². The minimum atomic E-state index is -0.559. The summed E-state index contributed by atoms with van der Waals surface area (Å²) in [6.45, 7) is 2.03. The lowest BCUT2D eigenvalue weighted by Crippen LogP contribution is -2.30. The summed E-state index contributed by atoms with van der Waals surface area (Å²) in [7, 11) is 0. The van der Waals surface area contributed by atoms with Gasteiger partial charge in [0.1, 0.15) is 5.82 Å². The predicted octanol–water partition coefficient (Wildman–Crippen LogP) is 3.11. The van der Waals surface area contributed by atoms with E-state index in [1.807, 2.05) is 18.4 Å². The molecule has 1 aromatic carbocycles. The largest absolute Gasteiger partial charge is 0.452 e. The summed E-state index contributed by atoms with van der Waals surface area (Å²) in [6, 6.07) is 8.04. The fourth-order valence-electron chi connectivity index (χ4n) is 1.93. The lowest BCUT2D eigenvalue weighted by atomic mass is 10.1. The molecule has 0 aliphatic heterocycles. The van der Waals surface area contributed by atoms with Crippen molar-refractivity contribution in [1.29, 1.82) is 0 Å². The van der Waals surface area contributed by atoms with Crippen molar-refractivity contribution in [2.24, 2.45) is 0 Å². The van der Waals surface area contributed by atoms with Crippen molar-refractivity contribution in [2.75, 3.05) is 13.2 Å². The standard InChI is InChI=1S/C18H18FNO3S/c1-13-9-11-24-16(13)6-7-18(22)23-12-17(21)20-10-8-14-2-4-15(19)5-3-14/h2-7,9,11H,8,10,12H2,1H3,(H,20,21)/b7-6+. The molecule has 0 aliphatic carbocycles. The Kier molecular flexibility index (Phi) is 6.69. The Morgan fingerprint density at radius 3 is 2.67 bits per heavy atom. The third-order valence-electron chi connectivity index (χ3n) is 3.27. The molecule has 4 nitrogen and oxygen atoms in total. The molecule has 0 aliphatic rings. The molecule has 0 bridgehead atoms. The molecule has 0 atom stereocenters. The van der Waals surface area contributed by atoms with Crippen molar-refractivity contribution in [3.8, 4) is 0 Å². The second-order valence-electron chi connectivity index (χ2n) is 5.14. The number of ether oxygens (including phenoxy) is 1. The van der Waals surface area contributed by atoms with Gasteiger partial charge in [0.2, 0.25) is 0 Å². The van der Waals surface area contributed by atoms with Crippen molar-refractivity contribution in [1.82, 2.24) is 5.32 Å². The summed E-state index contributed by atoms with van der Waals surface area (Å²) < 4.78 is 17.6. The molecule has 1 amide bonds. The Morgan fingerprint density at radius 2 is 2.00 bits per heavy atom. The molecule has 0 spiro atoms. The number of esters is 1. The Labute approximate surface area is 144 Å². The molecule has 1 aromatic heterocycles. The van der Waals surface area contributed by atoms with E-state index in [0.717, 1.165) is 16.0 Å². The minimum Gasteiger partial charge on any atom is -0.452 e. The quantitative estimate of drug-likeness (QED) is 0.618. The normalized spacial score (nSPS) is 10.8. The van der Waals surface area contributed by atoms with E-state index >= 15 is 0 Å². The molecule has 0 fully saturated rings. The molecule has 1 N–H and O–H groups in total. The molecule has 126 valence electrons. The molecule has 0 unspecified atom stereocenters. The van der Waals surface area contributed by atoms with Gasteiger partial charge >= 0.3 is 5.97 Å². The van der Waals surface area contributed by atoms with Crippen LogP contribution in [-0.4, -0.2) is 25.0 Å². The summed E-state index contributed by atoms with van der Waals surface area (Å²) in [5, 5.41) is 4.59. The Bertz CT molecular complexity index is 722. The van der Waals surface area contributed by atoms with Crippen molar-refractivity contribution >= 4 is 29.3 Å². The lowest BCUT2D eigenvalue weighted by Gasteiger charge is -2.05. The highest BCUT2D eigenvalue weighted by Crippen LogP contribution is 2.16. The number of rotatable bonds is 7. The maximum absolute atomic E-state index is 12.8. The van der Waals surface area contributed by atoms with Crippen LogP contribution in [0.2, 0.25) is 0 Å². The van der Waals surface area contributed by atoms with Gasteiger partial charge in [-0.2, -0.15) is 0 Å². The topological polar surface area (TPSA) is 55.4 Å². The molecule has 2 aromatic rings. The lowest BCUT2D eigenvalue weighted by molar-refractivity contribution is -0.143. The van der Waals surface area contributed by atoms with Crippen LogP contribution in [0.5, 0.6) is 0 Å². The number of thiophene rings is 1. The van der Waals surface area contributed by atoms with E-state index < -0.39 is 5.97 Å². The van der Waals surface area contributed by atoms with Gasteiger partial charge in [-0.25, -0.2) is 9.18 Å². The maximum Gasteiger partial charge on any atom is 0.331 e. The van der Waals surface area contributed by atoms with Crippen molar-refractivity contribution in [3.05, 3.63) is 63.6 Å².